The van der Waals surface area contributed by atoms with Crippen molar-refractivity contribution < 1.29 is 4.52 Å². The lowest BCUT2D eigenvalue weighted by Gasteiger charge is -2.06. The molecule has 0 aliphatic heterocycles. The van der Waals surface area contributed by atoms with Crippen LogP contribution >= 0.6 is 11.6 Å². The van der Waals surface area contributed by atoms with Crippen molar-refractivity contribution in [1.82, 2.24) is 19.4 Å². The van der Waals surface area contributed by atoms with Gasteiger partial charge in [-0.25, -0.2) is 4.98 Å². The van der Waals surface area contributed by atoms with E-state index < -0.39 is 0 Å². The van der Waals surface area contributed by atoms with E-state index in [0.717, 1.165) is 22.7 Å². The Bertz CT molecular complexity index is 1300. The molecule has 3 aromatic heterocycles. The van der Waals surface area contributed by atoms with Crippen LogP contribution in [0.3, 0.4) is 0 Å². The van der Waals surface area contributed by atoms with Crippen molar-refractivity contribution >= 4 is 28.7 Å². The quantitative estimate of drug-likeness (QED) is 0.492. The number of benzene rings is 1. The normalized spacial score (nSPS) is 11.8. The summed E-state index contributed by atoms with van der Waals surface area (Å²) < 4.78 is 8.46. The molecule has 0 N–H and O–H groups in total. The predicted octanol–water partition coefficient (Wildman–Crippen LogP) is 3.94. The van der Waals surface area contributed by atoms with Gasteiger partial charge in [0.05, 0.1) is 17.1 Å². The lowest BCUT2D eigenvalue weighted by atomic mass is 10.2. The second-order valence-corrected chi connectivity index (χ2v) is 7.08. The molecule has 0 bridgehead atoms. The van der Waals surface area contributed by atoms with Crippen LogP contribution in [0.1, 0.15) is 28.5 Å². The number of halogens is 1. The highest BCUT2D eigenvalue weighted by molar-refractivity contribution is 6.31. The first-order chi connectivity index (χ1) is 13.3. The van der Waals surface area contributed by atoms with Crippen molar-refractivity contribution in [2.24, 2.45) is 5.10 Å². The van der Waals surface area contributed by atoms with Crippen molar-refractivity contribution in [1.29, 1.82) is 0 Å². The highest BCUT2D eigenvalue weighted by Crippen LogP contribution is 2.20. The molecular formula is C20H18ClN5O2. The first-order valence-electron chi connectivity index (χ1n) is 8.71. The molecule has 3 heterocycles. The van der Waals surface area contributed by atoms with Crippen LogP contribution in [0.25, 0.3) is 16.7 Å². The SMILES string of the molecule is Cc1cc(-n2c(C)cc(/C=N\n3c(C)nc4cc(Cl)ccc4c3=O)c2C)no1. The van der Waals surface area contributed by atoms with Crippen LogP contribution in [0.5, 0.6) is 0 Å². The zero-order valence-electron chi connectivity index (χ0n) is 15.9. The van der Waals surface area contributed by atoms with E-state index in [1.54, 1.807) is 31.3 Å². The highest BCUT2D eigenvalue weighted by Gasteiger charge is 2.13. The number of aryl methyl sites for hydroxylation is 3. The van der Waals surface area contributed by atoms with Crippen LogP contribution in [-0.4, -0.2) is 25.6 Å². The predicted molar refractivity (Wildman–Crippen MR) is 109 cm³/mol. The molecule has 7 nitrogen and oxygen atoms in total. The molecule has 0 fully saturated rings. The van der Waals surface area contributed by atoms with Gasteiger partial charge in [0, 0.05) is 28.0 Å². The molecule has 0 unspecified atom stereocenters. The lowest BCUT2D eigenvalue weighted by Crippen LogP contribution is -2.20. The van der Waals surface area contributed by atoms with Gasteiger partial charge in [0.2, 0.25) is 0 Å². The zero-order chi connectivity index (χ0) is 20.0. The lowest BCUT2D eigenvalue weighted by molar-refractivity contribution is 0.394. The molecule has 0 aliphatic rings. The minimum absolute atomic E-state index is 0.239. The van der Waals surface area contributed by atoms with Gasteiger partial charge in [-0.2, -0.15) is 9.78 Å². The van der Waals surface area contributed by atoms with Gasteiger partial charge >= 0.3 is 0 Å². The van der Waals surface area contributed by atoms with Crippen molar-refractivity contribution in [2.45, 2.75) is 27.7 Å². The number of aromatic nitrogens is 4. The Morgan fingerprint density at radius 2 is 1.93 bits per heavy atom. The Hall–Kier alpha value is -3.19. The van der Waals surface area contributed by atoms with Crippen molar-refractivity contribution in [3.05, 3.63) is 74.2 Å². The third-order valence-electron chi connectivity index (χ3n) is 4.60. The maximum atomic E-state index is 12.8. The van der Waals surface area contributed by atoms with E-state index in [9.17, 15) is 4.79 Å². The fourth-order valence-corrected chi connectivity index (χ4v) is 3.41. The summed E-state index contributed by atoms with van der Waals surface area (Å²) in [5, 5.41) is 9.47. The fraction of sp³-hybridized carbons (Fsp3) is 0.200. The second-order valence-electron chi connectivity index (χ2n) is 6.64. The minimum atomic E-state index is -0.239. The third kappa shape index (κ3) is 3.03. The van der Waals surface area contributed by atoms with Gasteiger partial charge in [-0.05, 0) is 52.0 Å². The molecule has 142 valence electrons. The van der Waals surface area contributed by atoms with Crippen LogP contribution in [0.4, 0.5) is 0 Å². The van der Waals surface area contributed by atoms with Crippen LogP contribution in [0.15, 0.2) is 44.8 Å². The van der Waals surface area contributed by atoms with Gasteiger partial charge in [0.15, 0.2) is 5.82 Å². The van der Waals surface area contributed by atoms with E-state index in [4.69, 9.17) is 16.1 Å². The average molecular weight is 396 g/mol. The van der Waals surface area contributed by atoms with Crippen molar-refractivity contribution in [2.75, 3.05) is 0 Å². The molecule has 1 aromatic carbocycles. The topological polar surface area (TPSA) is 78.2 Å². The molecule has 0 amide bonds. The minimum Gasteiger partial charge on any atom is -0.360 e. The van der Waals surface area contributed by atoms with Gasteiger partial charge in [-0.15, -0.1) is 0 Å². The summed E-state index contributed by atoms with van der Waals surface area (Å²) in [5.74, 6) is 1.93. The van der Waals surface area contributed by atoms with Gasteiger partial charge in [-0.3, -0.25) is 9.36 Å². The van der Waals surface area contributed by atoms with Crippen LogP contribution < -0.4 is 5.56 Å². The Morgan fingerprint density at radius 3 is 2.64 bits per heavy atom. The molecular weight excluding hydrogens is 378 g/mol. The molecule has 0 atom stereocenters. The summed E-state index contributed by atoms with van der Waals surface area (Å²) in [5.41, 5.74) is 3.13. The Labute approximate surface area is 165 Å². The van der Waals surface area contributed by atoms with E-state index in [1.807, 2.05) is 37.5 Å². The smallest absolute Gasteiger partial charge is 0.282 e. The Balaban J connectivity index is 1.78. The molecule has 0 radical (unpaired) electrons. The first kappa shape index (κ1) is 18.2. The molecule has 8 heteroatoms. The molecule has 0 aliphatic carbocycles. The monoisotopic (exact) mass is 395 g/mol. The number of hydrogen-bond acceptors (Lipinski definition) is 5. The summed E-state index contributed by atoms with van der Waals surface area (Å²) in [4.78, 5) is 17.2. The summed E-state index contributed by atoms with van der Waals surface area (Å²) in [6, 6.07) is 8.86. The van der Waals surface area contributed by atoms with E-state index in [-0.39, 0.29) is 5.56 Å². The summed E-state index contributed by atoms with van der Waals surface area (Å²) in [6.07, 6.45) is 1.66. The van der Waals surface area contributed by atoms with Gasteiger partial charge in [-0.1, -0.05) is 16.8 Å². The number of fused-ring (bicyclic) bond motifs is 1. The van der Waals surface area contributed by atoms with Crippen LogP contribution in [0.2, 0.25) is 5.02 Å². The van der Waals surface area contributed by atoms with Gasteiger partial charge < -0.3 is 4.52 Å². The number of hydrogen-bond donors (Lipinski definition) is 0. The average Bonchev–Trinajstić information content (AvgIpc) is 3.17. The van der Waals surface area contributed by atoms with Crippen LogP contribution in [0, 0.1) is 27.7 Å². The van der Waals surface area contributed by atoms with E-state index in [1.165, 1.54) is 4.68 Å². The summed E-state index contributed by atoms with van der Waals surface area (Å²) in [7, 11) is 0. The second kappa shape index (κ2) is 6.76. The third-order valence-corrected chi connectivity index (χ3v) is 4.83. The molecule has 0 spiro atoms. The Morgan fingerprint density at radius 1 is 1.14 bits per heavy atom. The number of nitrogens with zero attached hydrogens (tertiary/aromatic N) is 5. The van der Waals surface area contributed by atoms with Crippen molar-refractivity contribution in [3.63, 3.8) is 0 Å². The van der Waals surface area contributed by atoms with Gasteiger partial charge in [0.25, 0.3) is 5.56 Å². The largest absolute Gasteiger partial charge is 0.360 e. The van der Waals surface area contributed by atoms with Crippen LogP contribution in [-0.2, 0) is 0 Å². The molecule has 0 saturated carbocycles. The molecule has 28 heavy (non-hydrogen) atoms. The first-order valence-corrected chi connectivity index (χ1v) is 9.09. The van der Waals surface area contributed by atoms with Gasteiger partial charge in [0.1, 0.15) is 11.6 Å². The molecule has 0 saturated heterocycles. The van der Waals surface area contributed by atoms with Crippen molar-refractivity contribution in [3.8, 4) is 5.82 Å². The summed E-state index contributed by atoms with van der Waals surface area (Å²) in [6.45, 7) is 7.53. The van der Waals surface area contributed by atoms with E-state index >= 15 is 0 Å². The highest BCUT2D eigenvalue weighted by atomic mass is 35.5. The Kier molecular flexibility index (Phi) is 4.39. The molecule has 4 aromatic rings. The zero-order valence-corrected chi connectivity index (χ0v) is 16.7. The maximum Gasteiger partial charge on any atom is 0.282 e. The number of rotatable bonds is 3. The molecule has 4 rings (SSSR count). The standard InChI is InChI=1S/C20H18ClN5O2/c1-11-7-15(13(3)25(11)19-8-12(2)28-24-19)10-22-26-14(4)23-18-9-16(21)5-6-17(18)20(26)27/h5-10H,1-4H3/b22-10-. The fourth-order valence-electron chi connectivity index (χ4n) is 3.25. The summed E-state index contributed by atoms with van der Waals surface area (Å²) >= 11 is 6.00. The van der Waals surface area contributed by atoms with E-state index in [0.29, 0.717) is 27.6 Å². The maximum absolute atomic E-state index is 12.8. The van der Waals surface area contributed by atoms with E-state index in [2.05, 4.69) is 15.2 Å².